The van der Waals surface area contributed by atoms with E-state index in [-0.39, 0.29) is 30.8 Å². The molecule has 4 rings (SSSR count). The summed E-state index contributed by atoms with van der Waals surface area (Å²) in [5.74, 6) is -1.09. The van der Waals surface area contributed by atoms with Gasteiger partial charge < -0.3 is 25.3 Å². The molecule has 2 aromatic rings. The van der Waals surface area contributed by atoms with Gasteiger partial charge in [0, 0.05) is 45.0 Å². The summed E-state index contributed by atoms with van der Waals surface area (Å²) in [5.41, 5.74) is 1.43. The van der Waals surface area contributed by atoms with Gasteiger partial charge in [-0.1, -0.05) is 6.07 Å². The van der Waals surface area contributed by atoms with E-state index >= 15 is 0 Å². The third-order valence-corrected chi connectivity index (χ3v) is 7.05. The maximum atomic E-state index is 13.4. The van der Waals surface area contributed by atoms with Crippen LogP contribution in [-0.2, 0) is 9.59 Å². The van der Waals surface area contributed by atoms with Gasteiger partial charge in [-0.3, -0.25) is 19.2 Å². The lowest BCUT2D eigenvalue weighted by atomic mass is 10.0. The molecule has 1 aromatic heterocycles. The molecule has 0 bridgehead atoms. The predicted octanol–water partition coefficient (Wildman–Crippen LogP) is 1.18. The highest BCUT2D eigenvalue weighted by atomic mass is 32.1. The van der Waals surface area contributed by atoms with Crippen molar-refractivity contribution >= 4 is 40.7 Å². The third-order valence-electron chi connectivity index (χ3n) is 6.20. The van der Waals surface area contributed by atoms with E-state index in [9.17, 15) is 19.2 Å². The number of nitrogens with one attached hydrogen (secondary N) is 2. The van der Waals surface area contributed by atoms with Crippen LogP contribution < -0.4 is 15.5 Å². The second-order valence-corrected chi connectivity index (χ2v) is 9.63. The molecule has 180 valence electrons. The largest absolute Gasteiger partial charge is 0.378 e. The summed E-state index contributed by atoms with van der Waals surface area (Å²) >= 11 is 1.34. The van der Waals surface area contributed by atoms with Gasteiger partial charge in [0.2, 0.25) is 11.8 Å². The van der Waals surface area contributed by atoms with Gasteiger partial charge in [0.05, 0.1) is 11.4 Å². The van der Waals surface area contributed by atoms with Crippen molar-refractivity contribution in [3.63, 3.8) is 0 Å². The van der Waals surface area contributed by atoms with Crippen molar-refractivity contribution in [2.75, 3.05) is 45.2 Å². The topological polar surface area (TPSA) is 102 Å². The van der Waals surface area contributed by atoms with E-state index in [2.05, 4.69) is 10.6 Å². The predicted molar refractivity (Wildman–Crippen MR) is 130 cm³/mol. The lowest BCUT2D eigenvalue weighted by Crippen LogP contribution is -2.63. The van der Waals surface area contributed by atoms with E-state index in [0.29, 0.717) is 30.0 Å². The molecule has 9 nitrogen and oxygen atoms in total. The zero-order chi connectivity index (χ0) is 24.2. The molecule has 2 saturated heterocycles. The summed E-state index contributed by atoms with van der Waals surface area (Å²) in [5, 5.41) is 7.39. The van der Waals surface area contributed by atoms with Gasteiger partial charge in [-0.2, -0.15) is 0 Å². The Hall–Kier alpha value is -3.40. The van der Waals surface area contributed by atoms with Crippen LogP contribution in [0.5, 0.6) is 0 Å². The first-order chi connectivity index (χ1) is 16.3. The summed E-state index contributed by atoms with van der Waals surface area (Å²) in [6, 6.07) is 9.21. The molecule has 2 atom stereocenters. The summed E-state index contributed by atoms with van der Waals surface area (Å²) in [6.07, 6.45) is 1.31. The summed E-state index contributed by atoms with van der Waals surface area (Å²) < 4.78 is 0. The van der Waals surface area contributed by atoms with Gasteiger partial charge in [-0.05, 0) is 48.6 Å². The minimum atomic E-state index is -0.895. The van der Waals surface area contributed by atoms with Crippen LogP contribution in [0, 0.1) is 0 Å². The Bertz CT molecular complexity index is 1050. The second kappa shape index (κ2) is 10.3. The number of hydrogen-bond donors (Lipinski definition) is 2. The fraction of sp³-hybridized carbons (Fsp3) is 0.417. The number of hydrogen-bond acceptors (Lipinski definition) is 6. The van der Waals surface area contributed by atoms with Crippen LogP contribution in [0.15, 0.2) is 41.8 Å². The first-order valence-corrected chi connectivity index (χ1v) is 12.2. The molecule has 34 heavy (non-hydrogen) atoms. The summed E-state index contributed by atoms with van der Waals surface area (Å²) in [7, 11) is 3.84. The van der Waals surface area contributed by atoms with E-state index in [0.717, 1.165) is 12.1 Å². The lowest BCUT2D eigenvalue weighted by molar-refractivity contribution is -0.133. The maximum absolute atomic E-state index is 13.4. The molecule has 0 aliphatic carbocycles. The van der Waals surface area contributed by atoms with Crippen LogP contribution in [0.3, 0.4) is 0 Å². The van der Waals surface area contributed by atoms with E-state index in [1.807, 2.05) is 36.5 Å². The number of piperazine rings is 1. The van der Waals surface area contributed by atoms with Crippen molar-refractivity contribution in [1.82, 2.24) is 20.4 Å². The van der Waals surface area contributed by atoms with Gasteiger partial charge in [-0.25, -0.2) is 0 Å². The maximum Gasteiger partial charge on any atom is 0.264 e. The molecule has 0 spiro atoms. The van der Waals surface area contributed by atoms with Crippen molar-refractivity contribution in [3.8, 4) is 0 Å². The Kier molecular flexibility index (Phi) is 7.16. The third kappa shape index (κ3) is 5.06. The molecular formula is C24H29N5O4S. The van der Waals surface area contributed by atoms with Crippen LogP contribution >= 0.6 is 11.3 Å². The highest BCUT2D eigenvalue weighted by Crippen LogP contribution is 2.21. The minimum absolute atomic E-state index is 0.0679. The second-order valence-electron chi connectivity index (χ2n) is 8.68. The molecular weight excluding hydrogens is 454 g/mol. The highest BCUT2D eigenvalue weighted by Gasteiger charge is 2.39. The van der Waals surface area contributed by atoms with E-state index in [1.165, 1.54) is 16.2 Å². The van der Waals surface area contributed by atoms with Crippen molar-refractivity contribution < 1.29 is 19.2 Å². The number of piperidine rings is 1. The van der Waals surface area contributed by atoms with Crippen molar-refractivity contribution in [3.05, 3.63) is 52.2 Å². The smallest absolute Gasteiger partial charge is 0.264 e. The number of nitrogens with zero attached hydrogens (tertiary/aromatic N) is 3. The molecule has 2 fully saturated rings. The Labute approximate surface area is 202 Å². The summed E-state index contributed by atoms with van der Waals surface area (Å²) in [6.45, 7) is 1.20. The fourth-order valence-electron chi connectivity index (χ4n) is 4.24. The number of benzene rings is 1. The fourth-order valence-corrected chi connectivity index (χ4v) is 4.93. The minimum Gasteiger partial charge on any atom is -0.378 e. The van der Waals surface area contributed by atoms with Crippen LogP contribution in [0.2, 0.25) is 0 Å². The SMILES string of the molecule is CN(C)c1ccc(C(=O)N2CCN(C(=O)c3cccs3)C[C@@H]2C(=O)N[C@@H]2CCCNC2=O)cc1. The average molecular weight is 484 g/mol. The molecule has 0 unspecified atom stereocenters. The van der Waals surface area contributed by atoms with Crippen molar-refractivity contribution in [2.45, 2.75) is 24.9 Å². The standard InChI is InChI=1S/C24H29N5O4S/c1-27(2)17-9-7-16(8-10-17)23(32)29-13-12-28(24(33)20-6-4-14-34-20)15-19(29)22(31)26-18-5-3-11-25-21(18)30/h4,6-10,14,18-19H,3,5,11-13,15H2,1-2H3,(H,25,30)(H,26,31)/t18-,19-/m1/s1. The van der Waals surface area contributed by atoms with Gasteiger partial charge in [0.1, 0.15) is 12.1 Å². The van der Waals surface area contributed by atoms with Gasteiger partial charge >= 0.3 is 0 Å². The normalized spacial score (nSPS) is 20.5. The van der Waals surface area contributed by atoms with Crippen molar-refractivity contribution in [1.29, 1.82) is 0 Å². The number of rotatable bonds is 5. The zero-order valence-corrected chi connectivity index (χ0v) is 20.1. The number of thiophene rings is 1. The molecule has 2 aliphatic rings. The van der Waals surface area contributed by atoms with Crippen LogP contribution in [-0.4, -0.2) is 85.8 Å². The number of anilines is 1. The average Bonchev–Trinajstić information content (AvgIpc) is 3.39. The first-order valence-electron chi connectivity index (χ1n) is 11.3. The van der Waals surface area contributed by atoms with Gasteiger partial charge in [0.25, 0.3) is 11.8 Å². The first kappa shape index (κ1) is 23.7. The van der Waals surface area contributed by atoms with Crippen molar-refractivity contribution in [2.24, 2.45) is 0 Å². The zero-order valence-electron chi connectivity index (χ0n) is 19.3. The van der Waals surface area contributed by atoms with E-state index < -0.39 is 18.0 Å². The van der Waals surface area contributed by atoms with Crippen LogP contribution in [0.25, 0.3) is 0 Å². The Morgan fingerprint density at radius 1 is 1.09 bits per heavy atom. The molecule has 0 radical (unpaired) electrons. The van der Waals surface area contributed by atoms with Gasteiger partial charge in [-0.15, -0.1) is 11.3 Å². The Morgan fingerprint density at radius 3 is 2.50 bits per heavy atom. The quantitative estimate of drug-likeness (QED) is 0.665. The highest BCUT2D eigenvalue weighted by molar-refractivity contribution is 7.12. The summed E-state index contributed by atoms with van der Waals surface area (Å²) in [4.78, 5) is 57.5. The molecule has 1 aromatic carbocycles. The molecule has 2 aliphatic heterocycles. The Balaban J connectivity index is 1.55. The molecule has 10 heteroatoms. The van der Waals surface area contributed by atoms with E-state index in [4.69, 9.17) is 0 Å². The number of amides is 4. The van der Waals surface area contributed by atoms with E-state index in [1.54, 1.807) is 29.2 Å². The lowest BCUT2D eigenvalue weighted by Gasteiger charge is -2.41. The molecule has 3 heterocycles. The molecule has 0 saturated carbocycles. The van der Waals surface area contributed by atoms with Crippen LogP contribution in [0.4, 0.5) is 5.69 Å². The Morgan fingerprint density at radius 2 is 1.85 bits per heavy atom. The molecule has 4 amide bonds. The van der Waals surface area contributed by atoms with Gasteiger partial charge in [0.15, 0.2) is 0 Å². The monoisotopic (exact) mass is 483 g/mol. The number of carbonyl (C=O) groups excluding carboxylic acids is 4. The number of carbonyl (C=O) groups is 4. The molecule has 2 N–H and O–H groups in total. The van der Waals surface area contributed by atoms with Crippen LogP contribution in [0.1, 0.15) is 32.9 Å².